The summed E-state index contributed by atoms with van der Waals surface area (Å²) in [6.07, 6.45) is 3.61. The van der Waals surface area contributed by atoms with E-state index in [0.717, 1.165) is 31.2 Å². The van der Waals surface area contributed by atoms with E-state index >= 15 is 0 Å². The predicted octanol–water partition coefficient (Wildman–Crippen LogP) is 3.83. The van der Waals surface area contributed by atoms with Crippen LogP contribution in [0.1, 0.15) is 47.5 Å². The molecule has 1 heterocycles. The number of fused-ring (bicyclic) bond motifs is 1. The number of benzene rings is 2. The summed E-state index contributed by atoms with van der Waals surface area (Å²) in [6, 6.07) is 14.9. The average molecular weight is 408 g/mol. The lowest BCUT2D eigenvalue weighted by atomic mass is 9.71. The summed E-state index contributed by atoms with van der Waals surface area (Å²) in [5, 5.41) is 3.08. The quantitative estimate of drug-likeness (QED) is 0.789. The first kappa shape index (κ1) is 20.4. The molecule has 2 aromatic rings. The van der Waals surface area contributed by atoms with Gasteiger partial charge < -0.3 is 19.7 Å². The van der Waals surface area contributed by atoms with Crippen molar-refractivity contribution in [1.29, 1.82) is 0 Å². The largest absolute Gasteiger partial charge is 0.495 e. The molecule has 30 heavy (non-hydrogen) atoms. The summed E-state index contributed by atoms with van der Waals surface area (Å²) in [5.41, 5.74) is 1.52. The first-order valence-electron chi connectivity index (χ1n) is 10.5. The molecule has 2 amide bonds. The van der Waals surface area contributed by atoms with Gasteiger partial charge in [0.1, 0.15) is 5.75 Å². The summed E-state index contributed by atoms with van der Waals surface area (Å²) < 4.78 is 10.7. The van der Waals surface area contributed by atoms with Gasteiger partial charge in [-0.05, 0) is 36.6 Å². The van der Waals surface area contributed by atoms with Crippen molar-refractivity contribution in [3.8, 4) is 5.75 Å². The number of para-hydroxylation sites is 2. The number of methoxy groups -OCH3 is 2. The zero-order valence-corrected chi connectivity index (χ0v) is 17.5. The molecule has 1 saturated carbocycles. The highest BCUT2D eigenvalue weighted by molar-refractivity contribution is 6.05. The minimum atomic E-state index is -0.532. The number of anilines is 1. The number of ether oxygens (including phenoxy) is 2. The Kier molecular flexibility index (Phi) is 5.77. The lowest BCUT2D eigenvalue weighted by Crippen LogP contribution is -2.60. The van der Waals surface area contributed by atoms with Gasteiger partial charge in [0.2, 0.25) is 5.91 Å². The molecule has 1 aliphatic carbocycles. The van der Waals surface area contributed by atoms with Gasteiger partial charge in [-0.2, -0.15) is 0 Å². The Morgan fingerprint density at radius 1 is 1.10 bits per heavy atom. The van der Waals surface area contributed by atoms with Crippen LogP contribution in [0.5, 0.6) is 5.75 Å². The minimum absolute atomic E-state index is 0.00843. The van der Waals surface area contributed by atoms with Crippen molar-refractivity contribution < 1.29 is 19.1 Å². The predicted molar refractivity (Wildman–Crippen MR) is 115 cm³/mol. The highest BCUT2D eigenvalue weighted by atomic mass is 16.5. The number of carbonyl (C=O) groups excluding carboxylic acids is 2. The van der Waals surface area contributed by atoms with Crippen LogP contribution in [-0.2, 0) is 9.53 Å². The molecule has 0 aromatic heterocycles. The van der Waals surface area contributed by atoms with Gasteiger partial charge in [-0.3, -0.25) is 9.59 Å². The van der Waals surface area contributed by atoms with E-state index in [9.17, 15) is 9.59 Å². The highest BCUT2D eigenvalue weighted by Crippen LogP contribution is 2.50. The number of nitrogens with zero attached hydrogens (tertiary/aromatic N) is 1. The maximum atomic E-state index is 13.7. The van der Waals surface area contributed by atoms with Crippen molar-refractivity contribution in [2.75, 3.05) is 32.7 Å². The molecule has 158 valence electrons. The van der Waals surface area contributed by atoms with Gasteiger partial charge >= 0.3 is 0 Å². The van der Waals surface area contributed by atoms with E-state index in [1.807, 2.05) is 53.4 Å². The Bertz CT molecular complexity index is 936. The Hall–Kier alpha value is -2.86. The van der Waals surface area contributed by atoms with E-state index in [1.165, 1.54) is 0 Å². The average Bonchev–Trinajstić information content (AvgIpc) is 3.24. The Morgan fingerprint density at radius 3 is 2.53 bits per heavy atom. The van der Waals surface area contributed by atoms with Gasteiger partial charge in [-0.25, -0.2) is 0 Å². The van der Waals surface area contributed by atoms with Crippen LogP contribution in [0.2, 0.25) is 0 Å². The van der Waals surface area contributed by atoms with Crippen molar-refractivity contribution in [2.24, 2.45) is 0 Å². The van der Waals surface area contributed by atoms with Gasteiger partial charge in [0, 0.05) is 19.2 Å². The number of amides is 2. The van der Waals surface area contributed by atoms with Crippen LogP contribution in [-0.4, -0.2) is 49.6 Å². The monoisotopic (exact) mass is 408 g/mol. The zero-order chi connectivity index (χ0) is 21.1. The maximum absolute atomic E-state index is 13.7. The lowest BCUT2D eigenvalue weighted by molar-refractivity contribution is -0.121. The Balaban J connectivity index is 1.79. The van der Waals surface area contributed by atoms with Gasteiger partial charge in [0.15, 0.2) is 0 Å². The molecule has 0 bridgehead atoms. The summed E-state index contributed by atoms with van der Waals surface area (Å²) in [7, 11) is 3.22. The van der Waals surface area contributed by atoms with Crippen molar-refractivity contribution in [2.45, 2.75) is 37.1 Å². The molecule has 1 spiro atoms. The van der Waals surface area contributed by atoms with Crippen LogP contribution in [0.3, 0.4) is 0 Å². The van der Waals surface area contributed by atoms with Crippen LogP contribution >= 0.6 is 0 Å². The molecule has 6 nitrogen and oxygen atoms in total. The number of nitrogens with one attached hydrogen (secondary N) is 1. The Labute approximate surface area is 177 Å². The van der Waals surface area contributed by atoms with Crippen molar-refractivity contribution in [3.05, 3.63) is 59.7 Å². The lowest BCUT2D eigenvalue weighted by Gasteiger charge is -2.50. The van der Waals surface area contributed by atoms with Crippen molar-refractivity contribution in [3.63, 3.8) is 0 Å². The summed E-state index contributed by atoms with van der Waals surface area (Å²) >= 11 is 0. The molecule has 1 atom stereocenters. The van der Waals surface area contributed by atoms with E-state index in [0.29, 0.717) is 30.2 Å². The molecule has 1 fully saturated rings. The van der Waals surface area contributed by atoms with E-state index < -0.39 is 11.5 Å². The Morgan fingerprint density at radius 2 is 1.80 bits per heavy atom. The topological polar surface area (TPSA) is 67.9 Å². The third kappa shape index (κ3) is 3.35. The molecule has 1 N–H and O–H groups in total. The van der Waals surface area contributed by atoms with E-state index in [2.05, 4.69) is 5.32 Å². The van der Waals surface area contributed by atoms with Gasteiger partial charge in [-0.1, -0.05) is 43.2 Å². The third-order valence-electron chi connectivity index (χ3n) is 6.44. The van der Waals surface area contributed by atoms with E-state index in [4.69, 9.17) is 9.47 Å². The number of carbonyl (C=O) groups is 2. The van der Waals surface area contributed by atoms with Gasteiger partial charge in [-0.15, -0.1) is 0 Å². The summed E-state index contributed by atoms with van der Waals surface area (Å²) in [6.45, 7) is 0.915. The molecule has 6 heteroatoms. The van der Waals surface area contributed by atoms with Crippen LogP contribution in [0.4, 0.5) is 5.69 Å². The molecular formula is C24H28N2O4. The second-order valence-electron chi connectivity index (χ2n) is 7.97. The number of hydrogen-bond donors (Lipinski definition) is 1. The molecule has 4 rings (SSSR count). The molecule has 0 radical (unpaired) electrons. The van der Waals surface area contributed by atoms with Crippen LogP contribution in [0.15, 0.2) is 48.5 Å². The second kappa shape index (κ2) is 8.48. The molecule has 2 aromatic carbocycles. The third-order valence-corrected chi connectivity index (χ3v) is 6.44. The fourth-order valence-electron chi connectivity index (χ4n) is 5.13. The number of rotatable bonds is 6. The van der Waals surface area contributed by atoms with Crippen molar-refractivity contribution in [1.82, 2.24) is 4.90 Å². The fourth-order valence-corrected chi connectivity index (χ4v) is 5.13. The van der Waals surface area contributed by atoms with E-state index in [-0.39, 0.29) is 11.8 Å². The standard InChI is InChI=1S/C24H28N2O4/c1-29-16-15-26-23(28)18-10-4-3-9-17(18)21(24(26)13-7-8-14-24)22(27)25-19-11-5-6-12-20(19)30-2/h3-6,9-12,21H,7-8,13-16H2,1-2H3,(H,25,27). The second-order valence-corrected chi connectivity index (χ2v) is 7.97. The zero-order valence-electron chi connectivity index (χ0n) is 17.5. The van der Waals surface area contributed by atoms with Crippen LogP contribution < -0.4 is 10.1 Å². The van der Waals surface area contributed by atoms with Crippen LogP contribution in [0.25, 0.3) is 0 Å². The molecule has 1 unspecified atom stereocenters. The normalized spacial score (nSPS) is 19.6. The highest BCUT2D eigenvalue weighted by Gasteiger charge is 2.55. The molecule has 2 aliphatic rings. The minimum Gasteiger partial charge on any atom is -0.495 e. The van der Waals surface area contributed by atoms with Crippen LogP contribution in [0, 0.1) is 0 Å². The fraction of sp³-hybridized carbons (Fsp3) is 0.417. The van der Waals surface area contributed by atoms with Gasteiger partial charge in [0.05, 0.1) is 30.9 Å². The molecular weight excluding hydrogens is 380 g/mol. The van der Waals surface area contributed by atoms with E-state index in [1.54, 1.807) is 14.2 Å². The molecule has 0 saturated heterocycles. The number of hydrogen-bond acceptors (Lipinski definition) is 4. The summed E-state index contributed by atoms with van der Waals surface area (Å²) in [5.74, 6) is 0.0491. The first-order chi connectivity index (χ1) is 14.6. The van der Waals surface area contributed by atoms with Gasteiger partial charge in [0.25, 0.3) is 5.91 Å². The smallest absolute Gasteiger partial charge is 0.254 e. The summed E-state index contributed by atoms with van der Waals surface area (Å²) in [4.78, 5) is 29.1. The SMILES string of the molecule is COCCN1C(=O)c2ccccc2C(C(=O)Nc2ccccc2OC)C12CCCC2. The van der Waals surface area contributed by atoms with Crippen molar-refractivity contribution >= 4 is 17.5 Å². The first-order valence-corrected chi connectivity index (χ1v) is 10.5. The maximum Gasteiger partial charge on any atom is 0.254 e. The molecule has 1 aliphatic heterocycles.